The third-order valence-corrected chi connectivity index (χ3v) is 3.54. The summed E-state index contributed by atoms with van der Waals surface area (Å²) in [5.74, 6) is -0.110. The molecule has 0 spiro atoms. The van der Waals surface area contributed by atoms with Crippen molar-refractivity contribution < 1.29 is 4.79 Å². The number of hydrogen-bond acceptors (Lipinski definition) is 4. The Kier molecular flexibility index (Phi) is 4.21. The second kappa shape index (κ2) is 6.46. The molecule has 23 heavy (non-hydrogen) atoms. The van der Waals surface area contributed by atoms with Gasteiger partial charge in [-0.2, -0.15) is 0 Å². The molecule has 3 aromatic rings. The van der Waals surface area contributed by atoms with Gasteiger partial charge in [0.25, 0.3) is 0 Å². The minimum absolute atomic E-state index is 0.347. The molecule has 3 rings (SSSR count). The Bertz CT molecular complexity index is 852. The maximum atomic E-state index is 11.1. The highest BCUT2D eigenvalue weighted by Gasteiger charge is 2.08. The molecule has 0 aliphatic carbocycles. The van der Waals surface area contributed by atoms with Crippen molar-refractivity contribution in [1.82, 2.24) is 9.97 Å². The lowest BCUT2D eigenvalue weighted by atomic mass is 10.1. The summed E-state index contributed by atoms with van der Waals surface area (Å²) in [5, 5.41) is 3.41. The highest BCUT2D eigenvalue weighted by Crippen LogP contribution is 2.26. The molecule has 114 valence electrons. The zero-order valence-corrected chi connectivity index (χ0v) is 12.8. The standard InChI is InChI=1S/C17H13ClN4O/c18-13-10-12(16(19)23)6-7-15(13)22-17-20-9-8-14(21-17)11-4-2-1-3-5-11/h1-10H,(H2,19,23)(H,20,21,22). The van der Waals surface area contributed by atoms with Crippen LogP contribution >= 0.6 is 11.6 Å². The number of amides is 1. The van der Waals surface area contributed by atoms with Crippen LogP contribution in [-0.2, 0) is 0 Å². The third kappa shape index (κ3) is 3.46. The van der Waals surface area contributed by atoms with Crippen LogP contribution in [0.15, 0.2) is 60.8 Å². The molecule has 5 nitrogen and oxygen atoms in total. The van der Waals surface area contributed by atoms with Gasteiger partial charge in [-0.05, 0) is 24.3 Å². The summed E-state index contributed by atoms with van der Waals surface area (Å²) >= 11 is 6.15. The van der Waals surface area contributed by atoms with Crippen LogP contribution in [0.25, 0.3) is 11.3 Å². The summed E-state index contributed by atoms with van der Waals surface area (Å²) in [5.41, 5.74) is 7.97. The number of hydrogen-bond donors (Lipinski definition) is 2. The highest BCUT2D eigenvalue weighted by atomic mass is 35.5. The molecule has 0 aliphatic rings. The molecule has 0 atom stereocenters. The Morgan fingerprint density at radius 2 is 1.87 bits per heavy atom. The van der Waals surface area contributed by atoms with Crippen molar-refractivity contribution in [2.75, 3.05) is 5.32 Å². The maximum absolute atomic E-state index is 11.1. The normalized spacial score (nSPS) is 10.3. The van der Waals surface area contributed by atoms with E-state index in [9.17, 15) is 4.79 Å². The minimum atomic E-state index is -0.527. The summed E-state index contributed by atoms with van der Waals surface area (Å²) in [7, 11) is 0. The highest BCUT2D eigenvalue weighted by molar-refractivity contribution is 6.33. The molecular weight excluding hydrogens is 312 g/mol. The molecule has 0 unspecified atom stereocenters. The van der Waals surface area contributed by atoms with Crippen molar-refractivity contribution in [2.24, 2.45) is 5.73 Å². The van der Waals surface area contributed by atoms with Crippen molar-refractivity contribution in [3.05, 3.63) is 71.4 Å². The van der Waals surface area contributed by atoms with Gasteiger partial charge in [0.1, 0.15) is 0 Å². The first-order chi connectivity index (χ1) is 11.1. The molecular formula is C17H13ClN4O. The minimum Gasteiger partial charge on any atom is -0.366 e. The average Bonchev–Trinajstić information content (AvgIpc) is 2.57. The maximum Gasteiger partial charge on any atom is 0.248 e. The third-order valence-electron chi connectivity index (χ3n) is 3.23. The number of nitrogens with two attached hydrogens (primary N) is 1. The second-order valence-electron chi connectivity index (χ2n) is 4.82. The van der Waals surface area contributed by atoms with Crippen LogP contribution in [0.5, 0.6) is 0 Å². The van der Waals surface area contributed by atoms with E-state index in [-0.39, 0.29) is 0 Å². The Hall–Kier alpha value is -2.92. The van der Waals surface area contributed by atoms with E-state index in [0.29, 0.717) is 22.2 Å². The Labute approximate surface area is 138 Å². The first-order valence-electron chi connectivity index (χ1n) is 6.88. The Morgan fingerprint density at radius 1 is 1.09 bits per heavy atom. The fraction of sp³-hybridized carbons (Fsp3) is 0. The van der Waals surface area contributed by atoms with Crippen molar-refractivity contribution in [3.8, 4) is 11.3 Å². The number of carbonyl (C=O) groups excluding carboxylic acids is 1. The van der Waals surface area contributed by atoms with Gasteiger partial charge in [0.15, 0.2) is 0 Å². The summed E-state index contributed by atoms with van der Waals surface area (Å²) in [6, 6.07) is 16.4. The average molecular weight is 325 g/mol. The molecule has 0 fully saturated rings. The molecule has 1 heterocycles. The van der Waals surface area contributed by atoms with Gasteiger partial charge in [0.05, 0.1) is 16.4 Å². The summed E-state index contributed by atoms with van der Waals surface area (Å²) < 4.78 is 0. The molecule has 2 aromatic carbocycles. The molecule has 0 saturated carbocycles. The SMILES string of the molecule is NC(=O)c1ccc(Nc2nccc(-c3ccccc3)n2)c(Cl)c1. The van der Waals surface area contributed by atoms with Gasteiger partial charge in [0, 0.05) is 17.3 Å². The van der Waals surface area contributed by atoms with Gasteiger partial charge >= 0.3 is 0 Å². The van der Waals surface area contributed by atoms with Crippen molar-refractivity contribution >= 4 is 29.1 Å². The molecule has 6 heteroatoms. The second-order valence-corrected chi connectivity index (χ2v) is 5.22. The number of carbonyl (C=O) groups is 1. The van der Waals surface area contributed by atoms with E-state index in [2.05, 4.69) is 15.3 Å². The summed E-state index contributed by atoms with van der Waals surface area (Å²) in [6.45, 7) is 0. The zero-order chi connectivity index (χ0) is 16.2. The molecule has 0 saturated heterocycles. The van der Waals surface area contributed by atoms with E-state index >= 15 is 0 Å². The molecule has 1 aromatic heterocycles. The summed E-state index contributed by atoms with van der Waals surface area (Å²) in [4.78, 5) is 19.8. The molecule has 0 radical (unpaired) electrons. The van der Waals surface area contributed by atoms with E-state index in [1.807, 2.05) is 36.4 Å². The number of nitrogens with one attached hydrogen (secondary N) is 1. The largest absolute Gasteiger partial charge is 0.366 e. The lowest BCUT2D eigenvalue weighted by Gasteiger charge is -2.09. The number of halogens is 1. The van der Waals surface area contributed by atoms with Gasteiger partial charge in [-0.3, -0.25) is 4.79 Å². The zero-order valence-electron chi connectivity index (χ0n) is 12.0. The van der Waals surface area contributed by atoms with Gasteiger partial charge in [-0.15, -0.1) is 0 Å². The van der Waals surface area contributed by atoms with Crippen molar-refractivity contribution in [3.63, 3.8) is 0 Å². The number of nitrogens with zero attached hydrogens (tertiary/aromatic N) is 2. The van der Waals surface area contributed by atoms with Crippen LogP contribution in [0, 0.1) is 0 Å². The predicted molar refractivity (Wildman–Crippen MR) is 90.7 cm³/mol. The quantitative estimate of drug-likeness (QED) is 0.767. The molecule has 1 amide bonds. The summed E-state index contributed by atoms with van der Waals surface area (Å²) in [6.07, 6.45) is 1.67. The first-order valence-corrected chi connectivity index (χ1v) is 7.26. The van der Waals surface area contributed by atoms with E-state index in [4.69, 9.17) is 17.3 Å². The topological polar surface area (TPSA) is 80.9 Å². The lowest BCUT2D eigenvalue weighted by molar-refractivity contribution is 0.100. The first kappa shape index (κ1) is 15.0. The number of aromatic nitrogens is 2. The fourth-order valence-corrected chi connectivity index (χ4v) is 2.31. The number of benzene rings is 2. The van der Waals surface area contributed by atoms with E-state index in [0.717, 1.165) is 11.3 Å². The van der Waals surface area contributed by atoms with Crippen LogP contribution in [0.3, 0.4) is 0 Å². The molecule has 0 aliphatic heterocycles. The van der Waals surface area contributed by atoms with Crippen LogP contribution in [0.2, 0.25) is 5.02 Å². The number of primary amides is 1. The van der Waals surface area contributed by atoms with E-state index in [1.54, 1.807) is 18.3 Å². The van der Waals surface area contributed by atoms with E-state index in [1.165, 1.54) is 6.07 Å². The number of anilines is 2. The van der Waals surface area contributed by atoms with Crippen LogP contribution in [-0.4, -0.2) is 15.9 Å². The predicted octanol–water partition coefficient (Wildman–Crippen LogP) is 3.64. The molecule has 3 N–H and O–H groups in total. The smallest absolute Gasteiger partial charge is 0.248 e. The number of rotatable bonds is 4. The molecule has 0 bridgehead atoms. The lowest BCUT2D eigenvalue weighted by Crippen LogP contribution is -2.10. The van der Waals surface area contributed by atoms with Crippen LogP contribution in [0.4, 0.5) is 11.6 Å². The Morgan fingerprint density at radius 3 is 2.57 bits per heavy atom. The van der Waals surface area contributed by atoms with E-state index < -0.39 is 5.91 Å². The van der Waals surface area contributed by atoms with Crippen molar-refractivity contribution in [1.29, 1.82) is 0 Å². The monoisotopic (exact) mass is 324 g/mol. The van der Waals surface area contributed by atoms with Crippen LogP contribution in [0.1, 0.15) is 10.4 Å². The van der Waals surface area contributed by atoms with Gasteiger partial charge in [0.2, 0.25) is 11.9 Å². The van der Waals surface area contributed by atoms with Gasteiger partial charge < -0.3 is 11.1 Å². The fourth-order valence-electron chi connectivity index (χ4n) is 2.08. The Balaban J connectivity index is 1.88. The van der Waals surface area contributed by atoms with Crippen LogP contribution < -0.4 is 11.1 Å². The van der Waals surface area contributed by atoms with Gasteiger partial charge in [-0.25, -0.2) is 9.97 Å². The van der Waals surface area contributed by atoms with Crippen molar-refractivity contribution in [2.45, 2.75) is 0 Å². The van der Waals surface area contributed by atoms with Gasteiger partial charge in [-0.1, -0.05) is 41.9 Å².